The van der Waals surface area contributed by atoms with Gasteiger partial charge in [-0.15, -0.1) is 12.4 Å². The van der Waals surface area contributed by atoms with Crippen LogP contribution in [0.1, 0.15) is 18.1 Å². The van der Waals surface area contributed by atoms with Crippen LogP contribution in [-0.2, 0) is 10.3 Å². The van der Waals surface area contributed by atoms with E-state index in [0.29, 0.717) is 6.54 Å². The fourth-order valence-corrected chi connectivity index (χ4v) is 3.10. The minimum absolute atomic E-state index is 0. The summed E-state index contributed by atoms with van der Waals surface area (Å²) in [7, 11) is 0. The van der Waals surface area contributed by atoms with Crippen molar-refractivity contribution in [1.29, 1.82) is 0 Å². The lowest BCUT2D eigenvalue weighted by molar-refractivity contribution is 0.0464. The Labute approximate surface area is 132 Å². The monoisotopic (exact) mass is 301 g/mol. The average molecular weight is 302 g/mol. The van der Waals surface area contributed by atoms with Crippen LogP contribution < -0.4 is 5.73 Å². The first-order valence-corrected chi connectivity index (χ1v) is 6.94. The van der Waals surface area contributed by atoms with Gasteiger partial charge in [-0.2, -0.15) is 0 Å². The molecule has 2 aromatic carbocycles. The van der Waals surface area contributed by atoms with E-state index in [1.54, 1.807) is 0 Å². The molecule has 110 valence electrons. The number of nitrogens with two attached hydrogens (primary N) is 1. The highest BCUT2D eigenvalue weighted by Crippen LogP contribution is 2.47. The van der Waals surface area contributed by atoms with Gasteiger partial charge in [-0.25, -0.2) is 0 Å². The van der Waals surface area contributed by atoms with Gasteiger partial charge in [0.2, 0.25) is 0 Å². The van der Waals surface area contributed by atoms with Crippen molar-refractivity contribution in [2.24, 2.45) is 11.7 Å². The summed E-state index contributed by atoms with van der Waals surface area (Å²) in [6.45, 7) is 2.65. The molecule has 2 N–H and O–H groups in total. The lowest BCUT2D eigenvalue weighted by Gasteiger charge is -2.36. The summed E-state index contributed by atoms with van der Waals surface area (Å²) in [5.74, 6) is 0.160. The predicted octanol–water partition coefficient (Wildman–Crippen LogP) is 3.86. The number of rotatable bonds is 3. The zero-order valence-electron chi connectivity index (χ0n) is 12.0. The third-order valence-electron chi connectivity index (χ3n) is 4.11. The van der Waals surface area contributed by atoms with Gasteiger partial charge in [-0.3, -0.25) is 0 Å². The summed E-state index contributed by atoms with van der Waals surface area (Å²) < 4.78 is 6.19. The molecular weight excluding hydrogens is 282 g/mol. The zero-order valence-corrected chi connectivity index (χ0v) is 12.8. The topological polar surface area (TPSA) is 35.2 Å². The van der Waals surface area contributed by atoms with Gasteiger partial charge < -0.3 is 10.5 Å². The van der Waals surface area contributed by atoms with Gasteiger partial charge in [-0.1, -0.05) is 60.7 Å². The van der Waals surface area contributed by atoms with Crippen LogP contribution in [-0.4, -0.2) is 6.54 Å². The van der Waals surface area contributed by atoms with Crippen molar-refractivity contribution in [3.05, 3.63) is 83.6 Å². The number of hydrogen-bond donors (Lipinski definition) is 1. The van der Waals surface area contributed by atoms with E-state index < -0.39 is 5.60 Å². The molecule has 0 spiro atoms. The molecule has 0 bridgehead atoms. The number of halogens is 1. The van der Waals surface area contributed by atoms with Crippen LogP contribution in [0.5, 0.6) is 0 Å². The molecule has 1 aliphatic heterocycles. The zero-order chi connectivity index (χ0) is 14.0. The lowest BCUT2D eigenvalue weighted by atomic mass is 9.74. The summed E-state index contributed by atoms with van der Waals surface area (Å²) >= 11 is 0. The van der Waals surface area contributed by atoms with Crippen LogP contribution in [0.4, 0.5) is 0 Å². The van der Waals surface area contributed by atoms with Gasteiger partial charge in [0.05, 0.1) is 6.26 Å². The van der Waals surface area contributed by atoms with E-state index in [2.05, 4.69) is 31.2 Å². The van der Waals surface area contributed by atoms with Crippen LogP contribution in [0, 0.1) is 5.92 Å². The molecule has 2 aromatic rings. The number of hydrogen-bond acceptors (Lipinski definition) is 2. The first-order chi connectivity index (χ1) is 9.79. The summed E-state index contributed by atoms with van der Waals surface area (Å²) in [6.07, 6.45) is 1.86. The molecule has 0 aliphatic carbocycles. The maximum absolute atomic E-state index is 6.19. The third-order valence-corrected chi connectivity index (χ3v) is 4.11. The fourth-order valence-electron chi connectivity index (χ4n) is 3.10. The van der Waals surface area contributed by atoms with Crippen LogP contribution in [0.15, 0.2) is 72.5 Å². The standard InChI is InChI=1S/C18H19NO.ClH/c1-14-13-20-18(17(14)12-19,15-8-4-2-5-9-15)16-10-6-3-7-11-16;/h2-11,13,17H,12,19H2,1H3;1H. The Balaban J connectivity index is 0.00000161. The van der Waals surface area contributed by atoms with Crippen LogP contribution >= 0.6 is 12.4 Å². The first kappa shape index (κ1) is 15.6. The second-order valence-electron chi connectivity index (χ2n) is 5.24. The summed E-state index contributed by atoms with van der Waals surface area (Å²) in [4.78, 5) is 0. The van der Waals surface area contributed by atoms with Crippen molar-refractivity contribution in [3.63, 3.8) is 0 Å². The first-order valence-electron chi connectivity index (χ1n) is 6.94. The highest BCUT2D eigenvalue weighted by atomic mass is 35.5. The van der Waals surface area contributed by atoms with Crippen molar-refractivity contribution < 1.29 is 4.74 Å². The highest BCUT2D eigenvalue weighted by Gasteiger charge is 2.47. The molecule has 1 atom stereocenters. The molecule has 0 fully saturated rings. The lowest BCUT2D eigenvalue weighted by Crippen LogP contribution is -2.39. The normalized spacial score (nSPS) is 19.3. The van der Waals surface area contributed by atoms with Gasteiger partial charge in [0.15, 0.2) is 5.60 Å². The molecule has 3 rings (SSSR count). The minimum atomic E-state index is -0.499. The van der Waals surface area contributed by atoms with E-state index in [-0.39, 0.29) is 18.3 Å². The van der Waals surface area contributed by atoms with E-state index in [1.807, 2.05) is 42.7 Å². The largest absolute Gasteiger partial charge is 0.485 e. The van der Waals surface area contributed by atoms with Gasteiger partial charge in [-0.05, 0) is 12.5 Å². The minimum Gasteiger partial charge on any atom is -0.485 e. The second-order valence-corrected chi connectivity index (χ2v) is 5.24. The Morgan fingerprint density at radius 1 is 0.952 bits per heavy atom. The number of ether oxygens (including phenoxy) is 1. The maximum Gasteiger partial charge on any atom is 0.166 e. The molecule has 0 amide bonds. The third kappa shape index (κ3) is 2.45. The second kappa shape index (κ2) is 6.33. The molecule has 3 heteroatoms. The predicted molar refractivity (Wildman–Crippen MR) is 88.3 cm³/mol. The van der Waals surface area contributed by atoms with Crippen molar-refractivity contribution in [3.8, 4) is 0 Å². The average Bonchev–Trinajstić information content (AvgIpc) is 2.86. The molecule has 0 radical (unpaired) electrons. The smallest absolute Gasteiger partial charge is 0.166 e. The van der Waals surface area contributed by atoms with E-state index >= 15 is 0 Å². The van der Waals surface area contributed by atoms with Gasteiger partial charge >= 0.3 is 0 Å². The Kier molecular flexibility index (Phi) is 4.71. The molecule has 0 saturated carbocycles. The maximum atomic E-state index is 6.19. The van der Waals surface area contributed by atoms with Crippen molar-refractivity contribution in [1.82, 2.24) is 0 Å². The highest BCUT2D eigenvalue weighted by molar-refractivity contribution is 5.85. The SMILES string of the molecule is CC1=COC(c2ccccc2)(c2ccccc2)C1CN.Cl. The van der Waals surface area contributed by atoms with Gasteiger partial charge in [0.1, 0.15) is 0 Å². The van der Waals surface area contributed by atoms with Crippen LogP contribution in [0.25, 0.3) is 0 Å². The van der Waals surface area contributed by atoms with Crippen molar-refractivity contribution in [2.45, 2.75) is 12.5 Å². The Morgan fingerprint density at radius 2 is 1.43 bits per heavy atom. The van der Waals surface area contributed by atoms with Crippen LogP contribution in [0.2, 0.25) is 0 Å². The Hall–Kier alpha value is -1.77. The molecule has 0 aromatic heterocycles. The van der Waals surface area contributed by atoms with Crippen molar-refractivity contribution in [2.75, 3.05) is 6.54 Å². The molecule has 2 nitrogen and oxygen atoms in total. The van der Waals surface area contributed by atoms with E-state index in [1.165, 1.54) is 5.57 Å². The summed E-state index contributed by atoms with van der Waals surface area (Å²) in [5.41, 5.74) is 9.05. The van der Waals surface area contributed by atoms with Gasteiger partial charge in [0.25, 0.3) is 0 Å². The van der Waals surface area contributed by atoms with Crippen LogP contribution in [0.3, 0.4) is 0 Å². The van der Waals surface area contributed by atoms with Gasteiger partial charge in [0, 0.05) is 23.6 Å². The number of benzene rings is 2. The molecule has 0 saturated heterocycles. The Morgan fingerprint density at radius 3 is 1.86 bits per heavy atom. The van der Waals surface area contributed by atoms with Crippen molar-refractivity contribution >= 4 is 12.4 Å². The fraction of sp³-hybridized carbons (Fsp3) is 0.222. The molecule has 1 unspecified atom stereocenters. The van der Waals surface area contributed by atoms with E-state index in [0.717, 1.165) is 11.1 Å². The summed E-state index contributed by atoms with van der Waals surface area (Å²) in [6, 6.07) is 20.7. The Bertz CT molecular complexity index is 570. The van der Waals surface area contributed by atoms with E-state index in [4.69, 9.17) is 10.5 Å². The summed E-state index contributed by atoms with van der Waals surface area (Å²) in [5, 5.41) is 0. The molecule has 21 heavy (non-hydrogen) atoms. The quantitative estimate of drug-likeness (QED) is 0.934. The molecule has 1 heterocycles. The molecular formula is C18H20ClNO. The van der Waals surface area contributed by atoms with E-state index in [9.17, 15) is 0 Å². The molecule has 1 aliphatic rings.